The van der Waals surface area contributed by atoms with Gasteiger partial charge in [-0.3, -0.25) is 0 Å². The van der Waals surface area contributed by atoms with Crippen LogP contribution in [0.5, 0.6) is 0 Å². The van der Waals surface area contributed by atoms with E-state index in [1.54, 1.807) is 12.1 Å². The maximum atomic E-state index is 13.0. The SMILES string of the molecule is O=C(O)c1cccc(NC(=S)Nc2ccc(F)c(Cl)c2)c1. The second-order valence-corrected chi connectivity index (χ2v) is 4.91. The molecule has 108 valence electrons. The van der Waals surface area contributed by atoms with Crippen LogP contribution >= 0.6 is 23.8 Å². The molecule has 0 saturated heterocycles. The topological polar surface area (TPSA) is 61.4 Å². The van der Waals surface area contributed by atoms with Crippen LogP contribution in [-0.4, -0.2) is 16.2 Å². The Bertz CT molecular complexity index is 709. The third-order valence-corrected chi connectivity index (χ3v) is 3.04. The lowest BCUT2D eigenvalue weighted by atomic mass is 10.2. The number of carboxylic acids is 1. The van der Waals surface area contributed by atoms with Crippen molar-refractivity contribution in [1.29, 1.82) is 0 Å². The molecule has 7 heteroatoms. The molecule has 0 aliphatic rings. The second-order valence-electron chi connectivity index (χ2n) is 4.09. The van der Waals surface area contributed by atoms with Crippen LogP contribution in [0.4, 0.5) is 15.8 Å². The molecule has 0 spiro atoms. The zero-order valence-corrected chi connectivity index (χ0v) is 12.1. The number of rotatable bonds is 3. The molecule has 21 heavy (non-hydrogen) atoms. The Morgan fingerprint density at radius 3 is 2.43 bits per heavy atom. The monoisotopic (exact) mass is 324 g/mol. The summed E-state index contributed by atoms with van der Waals surface area (Å²) in [7, 11) is 0. The molecule has 0 bridgehead atoms. The van der Waals surface area contributed by atoms with Gasteiger partial charge in [0.25, 0.3) is 0 Å². The average Bonchev–Trinajstić information content (AvgIpc) is 2.43. The molecule has 0 aromatic heterocycles. The number of carbonyl (C=O) groups is 1. The predicted molar refractivity (Wildman–Crippen MR) is 84.7 cm³/mol. The Morgan fingerprint density at radius 1 is 1.14 bits per heavy atom. The Labute approximate surface area is 130 Å². The summed E-state index contributed by atoms with van der Waals surface area (Å²) in [5.41, 5.74) is 1.20. The first-order valence-corrected chi connectivity index (χ1v) is 6.61. The van der Waals surface area contributed by atoms with Crippen LogP contribution in [-0.2, 0) is 0 Å². The maximum Gasteiger partial charge on any atom is 0.335 e. The molecule has 2 aromatic rings. The predicted octanol–water partition coefficient (Wildman–Crippen LogP) is 3.99. The number of benzene rings is 2. The molecule has 0 fully saturated rings. The van der Waals surface area contributed by atoms with E-state index in [1.165, 1.54) is 30.3 Å². The highest BCUT2D eigenvalue weighted by atomic mass is 35.5. The minimum atomic E-state index is -1.03. The highest BCUT2D eigenvalue weighted by Crippen LogP contribution is 2.19. The fourth-order valence-corrected chi connectivity index (χ4v) is 2.01. The van der Waals surface area contributed by atoms with Crippen LogP contribution in [0.2, 0.25) is 5.02 Å². The number of anilines is 2. The van der Waals surface area contributed by atoms with Crippen molar-refractivity contribution in [3.05, 3.63) is 58.9 Å². The van der Waals surface area contributed by atoms with Crippen molar-refractivity contribution in [2.45, 2.75) is 0 Å². The Balaban J connectivity index is 2.06. The van der Waals surface area contributed by atoms with Gasteiger partial charge in [-0.15, -0.1) is 0 Å². The summed E-state index contributed by atoms with van der Waals surface area (Å²) in [6, 6.07) is 10.3. The van der Waals surface area contributed by atoms with Gasteiger partial charge >= 0.3 is 5.97 Å². The van der Waals surface area contributed by atoms with E-state index < -0.39 is 11.8 Å². The van der Waals surface area contributed by atoms with Crippen LogP contribution in [0.25, 0.3) is 0 Å². The molecular formula is C14H10ClFN2O2S. The summed E-state index contributed by atoms with van der Waals surface area (Å²) in [6.45, 7) is 0. The van der Waals surface area contributed by atoms with E-state index in [1.807, 2.05) is 0 Å². The number of hydrogen-bond acceptors (Lipinski definition) is 2. The van der Waals surface area contributed by atoms with Crippen molar-refractivity contribution in [2.75, 3.05) is 10.6 Å². The summed E-state index contributed by atoms with van der Waals surface area (Å²) in [4.78, 5) is 10.9. The standard InChI is InChI=1S/C14H10ClFN2O2S/c15-11-7-10(4-5-12(11)16)18-14(21)17-9-3-1-2-8(6-9)13(19)20/h1-7H,(H,19,20)(H2,17,18,21). The first kappa shape index (κ1) is 15.2. The summed E-state index contributed by atoms with van der Waals surface area (Å²) in [5.74, 6) is -1.54. The van der Waals surface area contributed by atoms with Gasteiger partial charge in [0.1, 0.15) is 5.82 Å². The van der Waals surface area contributed by atoms with Crippen LogP contribution in [0.1, 0.15) is 10.4 Å². The van der Waals surface area contributed by atoms with E-state index in [4.69, 9.17) is 28.9 Å². The molecule has 0 heterocycles. The summed E-state index contributed by atoms with van der Waals surface area (Å²) < 4.78 is 13.0. The summed E-state index contributed by atoms with van der Waals surface area (Å²) in [6.07, 6.45) is 0. The molecule has 2 aromatic carbocycles. The van der Waals surface area contributed by atoms with Crippen LogP contribution in [0.3, 0.4) is 0 Å². The third kappa shape index (κ3) is 4.14. The lowest BCUT2D eigenvalue weighted by molar-refractivity contribution is 0.0697. The average molecular weight is 325 g/mol. The van der Waals surface area contributed by atoms with E-state index in [0.29, 0.717) is 11.4 Å². The first-order valence-electron chi connectivity index (χ1n) is 5.82. The molecule has 3 N–H and O–H groups in total. The molecule has 0 saturated carbocycles. The van der Waals surface area contributed by atoms with Gasteiger partial charge in [0.2, 0.25) is 0 Å². The summed E-state index contributed by atoms with van der Waals surface area (Å²) in [5, 5.41) is 14.8. The van der Waals surface area contributed by atoms with Gasteiger partial charge in [0.05, 0.1) is 10.6 Å². The maximum absolute atomic E-state index is 13.0. The van der Waals surface area contributed by atoms with E-state index >= 15 is 0 Å². The van der Waals surface area contributed by atoms with Crippen LogP contribution in [0.15, 0.2) is 42.5 Å². The third-order valence-electron chi connectivity index (χ3n) is 2.54. The number of thiocarbonyl (C=S) groups is 1. The zero-order chi connectivity index (χ0) is 15.4. The van der Waals surface area contributed by atoms with Gasteiger partial charge in [-0.2, -0.15) is 0 Å². The van der Waals surface area contributed by atoms with Gasteiger partial charge in [-0.25, -0.2) is 9.18 Å². The normalized spacial score (nSPS) is 10.0. The highest BCUT2D eigenvalue weighted by Gasteiger charge is 2.06. The minimum Gasteiger partial charge on any atom is -0.478 e. The van der Waals surface area contributed by atoms with Crippen molar-refractivity contribution >= 4 is 46.3 Å². The molecule has 0 aliphatic heterocycles. The van der Waals surface area contributed by atoms with Crippen molar-refractivity contribution in [2.24, 2.45) is 0 Å². The van der Waals surface area contributed by atoms with Gasteiger partial charge < -0.3 is 15.7 Å². The van der Waals surface area contributed by atoms with Crippen LogP contribution in [0, 0.1) is 5.82 Å². The molecule has 0 radical (unpaired) electrons. The zero-order valence-electron chi connectivity index (χ0n) is 10.6. The Morgan fingerprint density at radius 2 is 1.81 bits per heavy atom. The number of hydrogen-bond donors (Lipinski definition) is 3. The molecule has 0 atom stereocenters. The molecular weight excluding hydrogens is 315 g/mol. The number of nitrogens with one attached hydrogen (secondary N) is 2. The second kappa shape index (κ2) is 6.51. The molecule has 4 nitrogen and oxygen atoms in total. The van der Waals surface area contributed by atoms with Gasteiger partial charge in [0.15, 0.2) is 5.11 Å². The van der Waals surface area contributed by atoms with Gasteiger partial charge in [-0.05, 0) is 48.6 Å². The fourth-order valence-electron chi connectivity index (χ4n) is 1.60. The van der Waals surface area contributed by atoms with E-state index in [9.17, 15) is 9.18 Å². The number of aromatic carboxylic acids is 1. The molecule has 0 unspecified atom stereocenters. The fraction of sp³-hybridized carbons (Fsp3) is 0. The lowest BCUT2D eigenvalue weighted by Gasteiger charge is -2.11. The lowest BCUT2D eigenvalue weighted by Crippen LogP contribution is -2.19. The van der Waals surface area contributed by atoms with Crippen molar-refractivity contribution < 1.29 is 14.3 Å². The van der Waals surface area contributed by atoms with E-state index in [2.05, 4.69) is 10.6 Å². The van der Waals surface area contributed by atoms with E-state index in [-0.39, 0.29) is 15.7 Å². The molecule has 0 aliphatic carbocycles. The van der Waals surface area contributed by atoms with Gasteiger partial charge in [-0.1, -0.05) is 17.7 Å². The molecule has 2 rings (SSSR count). The number of halogens is 2. The molecule has 0 amide bonds. The van der Waals surface area contributed by atoms with Crippen molar-refractivity contribution in [3.8, 4) is 0 Å². The quantitative estimate of drug-likeness (QED) is 0.745. The minimum absolute atomic E-state index is 0.0179. The smallest absolute Gasteiger partial charge is 0.335 e. The van der Waals surface area contributed by atoms with Crippen molar-refractivity contribution in [3.63, 3.8) is 0 Å². The van der Waals surface area contributed by atoms with Crippen molar-refractivity contribution in [1.82, 2.24) is 0 Å². The highest BCUT2D eigenvalue weighted by molar-refractivity contribution is 7.80. The summed E-state index contributed by atoms with van der Waals surface area (Å²) >= 11 is 10.8. The first-order chi connectivity index (χ1) is 9.95. The van der Waals surface area contributed by atoms with Gasteiger partial charge in [0, 0.05) is 11.4 Å². The largest absolute Gasteiger partial charge is 0.478 e. The number of carboxylic acid groups (broad SMARTS) is 1. The van der Waals surface area contributed by atoms with E-state index in [0.717, 1.165) is 0 Å². The van der Waals surface area contributed by atoms with Crippen LogP contribution < -0.4 is 10.6 Å². The Hall–Kier alpha value is -2.18. The Kier molecular flexibility index (Phi) is 4.72.